The first kappa shape index (κ1) is 20.4. The summed E-state index contributed by atoms with van der Waals surface area (Å²) in [5.41, 5.74) is 0.812. The van der Waals surface area contributed by atoms with Crippen LogP contribution in [0.1, 0.15) is 30.3 Å². The minimum atomic E-state index is -3.67. The highest BCUT2D eigenvalue weighted by atomic mass is 79.9. The number of carbonyl (C=O) groups is 1. The Hall–Kier alpha value is -2.33. The first-order chi connectivity index (χ1) is 13.2. The highest BCUT2D eigenvalue weighted by Crippen LogP contribution is 2.29. The average molecular weight is 470 g/mol. The van der Waals surface area contributed by atoms with Gasteiger partial charge in [-0.05, 0) is 46.6 Å². The molecule has 0 fully saturated rings. The SMILES string of the molecule is CCCCS(=O)(=O)c1cc2c(cc1NC(=O)c1ccc(Br)o1)n(C)c(=O)n2C. The fourth-order valence-corrected chi connectivity index (χ4v) is 4.88. The van der Waals surface area contributed by atoms with Gasteiger partial charge >= 0.3 is 5.69 Å². The van der Waals surface area contributed by atoms with Gasteiger partial charge in [0.05, 0.1) is 27.4 Å². The molecule has 0 aliphatic carbocycles. The van der Waals surface area contributed by atoms with E-state index in [2.05, 4.69) is 21.2 Å². The number of rotatable bonds is 6. The smallest absolute Gasteiger partial charge is 0.328 e. The minimum absolute atomic E-state index is 0.0198. The molecule has 0 aliphatic rings. The molecule has 0 atom stereocenters. The van der Waals surface area contributed by atoms with E-state index in [-0.39, 0.29) is 27.8 Å². The van der Waals surface area contributed by atoms with E-state index in [9.17, 15) is 18.0 Å². The highest BCUT2D eigenvalue weighted by molar-refractivity contribution is 9.10. The van der Waals surface area contributed by atoms with Crippen molar-refractivity contribution in [1.82, 2.24) is 9.13 Å². The molecule has 0 bridgehead atoms. The minimum Gasteiger partial charge on any atom is -0.444 e. The maximum Gasteiger partial charge on any atom is 0.328 e. The Bertz CT molecular complexity index is 1220. The molecule has 3 aromatic rings. The van der Waals surface area contributed by atoms with Gasteiger partial charge in [0, 0.05) is 14.1 Å². The number of unbranched alkanes of at least 4 members (excludes halogenated alkanes) is 1. The lowest BCUT2D eigenvalue weighted by molar-refractivity contribution is 0.0995. The van der Waals surface area contributed by atoms with E-state index in [4.69, 9.17) is 4.42 Å². The van der Waals surface area contributed by atoms with E-state index < -0.39 is 15.7 Å². The second-order valence-corrected chi connectivity index (χ2v) is 9.33. The van der Waals surface area contributed by atoms with Gasteiger partial charge in [0.15, 0.2) is 20.3 Å². The number of amides is 1. The van der Waals surface area contributed by atoms with Crippen LogP contribution >= 0.6 is 15.9 Å². The molecule has 0 spiro atoms. The first-order valence-electron chi connectivity index (χ1n) is 8.64. The summed E-state index contributed by atoms with van der Waals surface area (Å²) in [6.45, 7) is 1.90. The normalized spacial score (nSPS) is 11.9. The van der Waals surface area contributed by atoms with Crippen LogP contribution in [0, 0.1) is 0 Å². The number of aryl methyl sites for hydroxylation is 2. The average Bonchev–Trinajstić information content (AvgIpc) is 3.18. The zero-order chi connectivity index (χ0) is 20.6. The van der Waals surface area contributed by atoms with E-state index in [1.807, 2.05) is 6.92 Å². The zero-order valence-corrected chi connectivity index (χ0v) is 18.1. The number of hydrogen-bond acceptors (Lipinski definition) is 5. The molecule has 0 aliphatic heterocycles. The van der Waals surface area contributed by atoms with E-state index in [1.54, 1.807) is 20.2 Å². The number of anilines is 1. The molecule has 3 rings (SSSR count). The van der Waals surface area contributed by atoms with Gasteiger partial charge < -0.3 is 9.73 Å². The van der Waals surface area contributed by atoms with Crippen LogP contribution < -0.4 is 11.0 Å². The molecule has 150 valence electrons. The lowest BCUT2D eigenvalue weighted by Gasteiger charge is -2.12. The van der Waals surface area contributed by atoms with Crippen molar-refractivity contribution in [3.05, 3.63) is 45.2 Å². The third kappa shape index (κ3) is 3.66. The van der Waals surface area contributed by atoms with Gasteiger partial charge in [-0.3, -0.25) is 13.9 Å². The van der Waals surface area contributed by atoms with Gasteiger partial charge in [-0.1, -0.05) is 13.3 Å². The van der Waals surface area contributed by atoms with Crippen LogP contribution in [0.5, 0.6) is 0 Å². The highest BCUT2D eigenvalue weighted by Gasteiger charge is 2.24. The summed E-state index contributed by atoms with van der Waals surface area (Å²) >= 11 is 3.13. The third-order valence-electron chi connectivity index (χ3n) is 4.52. The first-order valence-corrected chi connectivity index (χ1v) is 11.1. The zero-order valence-electron chi connectivity index (χ0n) is 15.7. The van der Waals surface area contributed by atoms with E-state index >= 15 is 0 Å². The van der Waals surface area contributed by atoms with Gasteiger partial charge in [0.25, 0.3) is 5.91 Å². The Morgan fingerprint density at radius 3 is 2.39 bits per heavy atom. The second-order valence-electron chi connectivity index (χ2n) is 6.47. The predicted molar refractivity (Wildman–Crippen MR) is 109 cm³/mol. The van der Waals surface area contributed by atoms with Crippen LogP contribution in [-0.2, 0) is 23.9 Å². The number of halogens is 1. The summed E-state index contributed by atoms with van der Waals surface area (Å²) in [5.74, 6) is -0.603. The molecule has 0 saturated carbocycles. The molecular formula is C18H20BrN3O5S. The van der Waals surface area contributed by atoms with E-state index in [1.165, 1.54) is 27.3 Å². The van der Waals surface area contributed by atoms with Crippen LogP contribution in [0.4, 0.5) is 5.69 Å². The van der Waals surface area contributed by atoms with Crippen LogP contribution in [0.2, 0.25) is 0 Å². The standard InChI is InChI=1S/C18H20BrN3O5S/c1-4-5-8-28(25,26)15-10-13-12(21(2)18(24)22(13)3)9-11(15)20-17(23)14-6-7-16(19)27-14/h6-7,9-10H,4-5,8H2,1-3H3,(H,20,23). The van der Waals surface area contributed by atoms with Crippen LogP contribution in [0.3, 0.4) is 0 Å². The summed E-state index contributed by atoms with van der Waals surface area (Å²) in [6, 6.07) is 5.99. The summed E-state index contributed by atoms with van der Waals surface area (Å²) in [6.07, 6.45) is 1.21. The molecular weight excluding hydrogens is 450 g/mol. The molecule has 1 N–H and O–H groups in total. The number of nitrogens with one attached hydrogen (secondary N) is 1. The van der Waals surface area contributed by atoms with Crippen molar-refractivity contribution in [3.63, 3.8) is 0 Å². The second kappa shape index (κ2) is 7.59. The fourth-order valence-electron chi connectivity index (χ4n) is 2.95. The maximum absolute atomic E-state index is 12.9. The van der Waals surface area contributed by atoms with Crippen molar-refractivity contribution in [1.29, 1.82) is 0 Å². The Balaban J connectivity index is 2.17. The van der Waals surface area contributed by atoms with Crippen molar-refractivity contribution in [2.75, 3.05) is 11.1 Å². The number of carbonyl (C=O) groups excluding carboxylic acids is 1. The summed E-state index contributed by atoms with van der Waals surface area (Å²) in [5, 5.41) is 2.61. The molecule has 1 aromatic carbocycles. The van der Waals surface area contributed by atoms with Crippen LogP contribution in [-0.4, -0.2) is 29.2 Å². The fraction of sp³-hybridized carbons (Fsp3) is 0.333. The number of nitrogens with zero attached hydrogens (tertiary/aromatic N) is 2. The summed E-state index contributed by atoms with van der Waals surface area (Å²) < 4.78 is 34.2. The lowest BCUT2D eigenvalue weighted by Crippen LogP contribution is -2.19. The van der Waals surface area contributed by atoms with Crippen molar-refractivity contribution in [3.8, 4) is 0 Å². The van der Waals surface area contributed by atoms with Gasteiger partial charge in [-0.15, -0.1) is 0 Å². The maximum atomic E-state index is 12.9. The number of hydrogen-bond donors (Lipinski definition) is 1. The summed E-state index contributed by atoms with van der Waals surface area (Å²) in [4.78, 5) is 24.7. The lowest BCUT2D eigenvalue weighted by atomic mass is 10.2. The topological polar surface area (TPSA) is 103 Å². The third-order valence-corrected chi connectivity index (χ3v) is 6.78. The van der Waals surface area contributed by atoms with Crippen LogP contribution in [0.15, 0.2) is 43.0 Å². The van der Waals surface area contributed by atoms with Crippen molar-refractivity contribution < 1.29 is 17.6 Å². The predicted octanol–water partition coefficient (Wildman–Crippen LogP) is 3.06. The monoisotopic (exact) mass is 469 g/mol. The molecule has 0 unspecified atom stereocenters. The molecule has 8 nitrogen and oxygen atoms in total. The number of furan rings is 1. The molecule has 10 heteroatoms. The summed E-state index contributed by atoms with van der Waals surface area (Å²) in [7, 11) is -0.503. The van der Waals surface area contributed by atoms with E-state index in [0.717, 1.165) is 0 Å². The van der Waals surface area contributed by atoms with E-state index in [0.29, 0.717) is 28.5 Å². The number of benzene rings is 1. The molecule has 2 heterocycles. The number of aromatic nitrogens is 2. The van der Waals surface area contributed by atoms with Gasteiger partial charge in [-0.25, -0.2) is 13.2 Å². The Morgan fingerprint density at radius 1 is 1.18 bits per heavy atom. The van der Waals surface area contributed by atoms with Crippen molar-refractivity contribution in [2.24, 2.45) is 14.1 Å². The molecule has 0 radical (unpaired) electrons. The number of fused-ring (bicyclic) bond motifs is 1. The Kier molecular flexibility index (Phi) is 5.53. The molecule has 28 heavy (non-hydrogen) atoms. The molecule has 0 saturated heterocycles. The number of sulfone groups is 1. The van der Waals surface area contributed by atoms with Gasteiger partial charge in [-0.2, -0.15) is 0 Å². The quantitative estimate of drug-likeness (QED) is 0.597. The number of imidazole rings is 1. The molecule has 1 amide bonds. The van der Waals surface area contributed by atoms with Gasteiger partial charge in [0.1, 0.15) is 0 Å². The molecule has 2 aromatic heterocycles. The van der Waals surface area contributed by atoms with Crippen molar-refractivity contribution in [2.45, 2.75) is 24.7 Å². The van der Waals surface area contributed by atoms with Crippen molar-refractivity contribution >= 4 is 48.4 Å². The Labute approximate surface area is 170 Å². The van der Waals surface area contributed by atoms with Crippen LogP contribution in [0.25, 0.3) is 11.0 Å². The largest absolute Gasteiger partial charge is 0.444 e. The van der Waals surface area contributed by atoms with Gasteiger partial charge in [0.2, 0.25) is 0 Å². The Morgan fingerprint density at radius 2 is 1.82 bits per heavy atom.